The molecule has 9 heteroatoms. The number of hydrogen-bond acceptors (Lipinski definition) is 7. The van der Waals surface area contributed by atoms with Crippen LogP contribution < -0.4 is 25.0 Å². The predicted molar refractivity (Wildman–Crippen MR) is 140 cm³/mol. The molecule has 184 valence electrons. The average Bonchev–Trinajstić information content (AvgIpc) is 2.86. The van der Waals surface area contributed by atoms with Crippen LogP contribution in [0.5, 0.6) is 17.2 Å². The highest BCUT2D eigenvalue weighted by Crippen LogP contribution is 2.35. The smallest absolute Gasteiger partial charge is 0.248 e. The lowest BCUT2D eigenvalue weighted by Gasteiger charge is -2.17. The minimum atomic E-state index is -0.321. The molecule has 1 amide bonds. The summed E-state index contributed by atoms with van der Waals surface area (Å²) in [5, 5.41) is 6.86. The van der Waals surface area contributed by atoms with Gasteiger partial charge in [0.15, 0.2) is 0 Å². The molecule has 0 aliphatic carbocycles. The van der Waals surface area contributed by atoms with Gasteiger partial charge < -0.3 is 25.0 Å². The second kappa shape index (κ2) is 10.7. The largest absolute Gasteiger partial charge is 0.494 e. The third-order valence-electron chi connectivity index (χ3n) is 5.15. The van der Waals surface area contributed by atoms with Gasteiger partial charge in [0.1, 0.15) is 28.9 Å². The first-order valence-corrected chi connectivity index (χ1v) is 11.2. The van der Waals surface area contributed by atoms with Crippen molar-refractivity contribution >= 4 is 40.0 Å². The van der Waals surface area contributed by atoms with Gasteiger partial charge in [0.2, 0.25) is 11.9 Å². The summed E-state index contributed by atoms with van der Waals surface area (Å²) in [5.41, 5.74) is 1.91. The van der Waals surface area contributed by atoms with E-state index in [9.17, 15) is 9.18 Å². The maximum Gasteiger partial charge on any atom is 0.248 e. The van der Waals surface area contributed by atoms with Crippen molar-refractivity contribution in [3.8, 4) is 17.2 Å². The van der Waals surface area contributed by atoms with Crippen LogP contribution >= 0.6 is 0 Å². The van der Waals surface area contributed by atoms with Gasteiger partial charge >= 0.3 is 0 Å². The van der Waals surface area contributed by atoms with E-state index in [-0.39, 0.29) is 11.7 Å². The molecule has 0 bridgehead atoms. The highest BCUT2D eigenvalue weighted by Gasteiger charge is 2.15. The van der Waals surface area contributed by atoms with E-state index in [1.165, 1.54) is 25.3 Å². The number of carbonyl (C=O) groups is 1. The number of carbonyl (C=O) groups excluding carboxylic acids is 1. The van der Waals surface area contributed by atoms with Crippen LogP contribution in [0.25, 0.3) is 10.9 Å². The van der Waals surface area contributed by atoms with Crippen molar-refractivity contribution in [3.05, 3.63) is 78.6 Å². The van der Waals surface area contributed by atoms with E-state index in [0.29, 0.717) is 45.6 Å². The molecule has 0 radical (unpaired) electrons. The Balaban J connectivity index is 1.68. The number of ether oxygens (including phenoxy) is 2. The molecule has 1 aromatic heterocycles. The lowest BCUT2D eigenvalue weighted by atomic mass is 10.1. The summed E-state index contributed by atoms with van der Waals surface area (Å²) in [5.74, 6) is 2.10. The number of methoxy groups -OCH3 is 1. The summed E-state index contributed by atoms with van der Waals surface area (Å²) in [6.07, 6.45) is 3.09. The number of nitrogens with one attached hydrogen (secondary N) is 2. The second-order valence-electron chi connectivity index (χ2n) is 8.03. The van der Waals surface area contributed by atoms with E-state index >= 15 is 0 Å². The predicted octanol–water partition coefficient (Wildman–Crippen LogP) is 5.89. The molecule has 0 fully saturated rings. The van der Waals surface area contributed by atoms with Gasteiger partial charge in [-0.05, 0) is 67.6 Å². The van der Waals surface area contributed by atoms with Crippen LogP contribution in [0.3, 0.4) is 0 Å². The first-order valence-electron chi connectivity index (χ1n) is 11.2. The summed E-state index contributed by atoms with van der Waals surface area (Å²) in [4.78, 5) is 23.3. The van der Waals surface area contributed by atoms with Crippen LogP contribution in [0.4, 0.5) is 27.5 Å². The summed E-state index contributed by atoms with van der Waals surface area (Å²) < 4.78 is 24.4. The molecular weight excluding hydrogens is 461 g/mol. The summed E-state index contributed by atoms with van der Waals surface area (Å²) in [6, 6.07) is 16.7. The Labute approximate surface area is 208 Å². The van der Waals surface area contributed by atoms with Gasteiger partial charge in [-0.25, -0.2) is 9.37 Å². The fraction of sp³-hybridized carbons (Fsp3) is 0.148. The van der Waals surface area contributed by atoms with Crippen molar-refractivity contribution in [2.45, 2.75) is 6.92 Å². The molecule has 0 spiro atoms. The van der Waals surface area contributed by atoms with Crippen molar-refractivity contribution in [3.63, 3.8) is 0 Å². The van der Waals surface area contributed by atoms with Crippen molar-refractivity contribution in [1.29, 1.82) is 0 Å². The number of aromatic nitrogens is 2. The number of rotatable bonds is 8. The van der Waals surface area contributed by atoms with Gasteiger partial charge in [-0.15, -0.1) is 0 Å². The quantitative estimate of drug-likeness (QED) is 0.299. The van der Waals surface area contributed by atoms with Gasteiger partial charge in [-0.2, -0.15) is 4.98 Å². The van der Waals surface area contributed by atoms with E-state index in [2.05, 4.69) is 20.6 Å². The van der Waals surface area contributed by atoms with Crippen LogP contribution in [0.2, 0.25) is 0 Å². The highest BCUT2D eigenvalue weighted by atomic mass is 19.1. The molecule has 2 N–H and O–H groups in total. The zero-order chi connectivity index (χ0) is 25.7. The van der Waals surface area contributed by atoms with Gasteiger partial charge in [0, 0.05) is 31.2 Å². The summed E-state index contributed by atoms with van der Waals surface area (Å²) >= 11 is 0. The fourth-order valence-electron chi connectivity index (χ4n) is 3.41. The zero-order valence-electron chi connectivity index (χ0n) is 20.4. The minimum absolute atomic E-state index is 0.271. The van der Waals surface area contributed by atoms with Crippen LogP contribution in [0.15, 0.2) is 72.8 Å². The van der Waals surface area contributed by atoms with Crippen LogP contribution in [-0.2, 0) is 4.79 Å². The molecule has 8 nitrogen and oxygen atoms in total. The topological polar surface area (TPSA) is 88.6 Å². The molecule has 1 heterocycles. The third kappa shape index (κ3) is 5.69. The molecule has 0 atom stereocenters. The molecule has 0 aliphatic rings. The number of fused-ring (bicyclic) bond motifs is 1. The van der Waals surface area contributed by atoms with E-state index in [4.69, 9.17) is 9.47 Å². The number of anilines is 4. The lowest BCUT2D eigenvalue weighted by molar-refractivity contribution is -0.111. The summed E-state index contributed by atoms with van der Waals surface area (Å²) in [6.45, 7) is 1.77. The van der Waals surface area contributed by atoms with Crippen LogP contribution in [-0.4, -0.2) is 37.1 Å². The molecule has 3 aromatic carbocycles. The van der Waals surface area contributed by atoms with Crippen molar-refractivity contribution in [1.82, 2.24) is 9.97 Å². The Morgan fingerprint density at radius 2 is 1.67 bits per heavy atom. The number of halogens is 1. The minimum Gasteiger partial charge on any atom is -0.494 e. The first kappa shape index (κ1) is 24.5. The monoisotopic (exact) mass is 487 g/mol. The lowest BCUT2D eigenvalue weighted by Crippen LogP contribution is -2.14. The maximum atomic E-state index is 13.1. The number of amides is 1. The molecule has 4 aromatic rings. The van der Waals surface area contributed by atoms with E-state index in [0.717, 1.165) is 5.69 Å². The van der Waals surface area contributed by atoms with Crippen molar-refractivity contribution < 1.29 is 18.7 Å². The number of nitrogens with zero attached hydrogens (tertiary/aromatic N) is 3. The Morgan fingerprint density at radius 1 is 1.00 bits per heavy atom. The highest BCUT2D eigenvalue weighted by molar-refractivity contribution is 6.03. The van der Waals surface area contributed by atoms with Crippen LogP contribution in [0, 0.1) is 5.82 Å². The van der Waals surface area contributed by atoms with Gasteiger partial charge in [0.05, 0.1) is 18.3 Å². The Morgan fingerprint density at radius 3 is 2.28 bits per heavy atom. The SMILES string of the molecule is C/C=C/C(=O)Nc1cc2c(Nc3ccc(Oc4ccc(F)cc4)cc3)nc(N(C)C)nc2cc1OC. The Hall–Kier alpha value is -4.66. The fourth-order valence-corrected chi connectivity index (χ4v) is 3.41. The molecule has 0 saturated heterocycles. The molecule has 36 heavy (non-hydrogen) atoms. The Bertz CT molecular complexity index is 1400. The number of allylic oxidation sites excluding steroid dienone is 1. The molecule has 0 saturated carbocycles. The normalized spacial score (nSPS) is 10.9. The van der Waals surface area contributed by atoms with E-state index < -0.39 is 0 Å². The maximum absolute atomic E-state index is 13.1. The third-order valence-corrected chi connectivity index (χ3v) is 5.15. The van der Waals surface area contributed by atoms with Crippen molar-refractivity contribution in [2.24, 2.45) is 0 Å². The van der Waals surface area contributed by atoms with Crippen LogP contribution in [0.1, 0.15) is 6.92 Å². The van der Waals surface area contributed by atoms with Gasteiger partial charge in [-0.3, -0.25) is 4.79 Å². The molecular formula is C27H26FN5O3. The standard InChI is InChI=1S/C27H26FN5O3/c1-5-6-25(34)30-23-15-21-22(16-24(23)35-4)31-27(33(2)3)32-26(21)29-18-9-13-20(14-10-18)36-19-11-7-17(28)8-12-19/h5-16H,1-4H3,(H,30,34)(H,29,31,32)/b6-5+. The van der Waals surface area contributed by atoms with Crippen molar-refractivity contribution in [2.75, 3.05) is 36.7 Å². The van der Waals surface area contributed by atoms with E-state index in [1.807, 2.05) is 26.2 Å². The second-order valence-corrected chi connectivity index (χ2v) is 8.03. The molecule has 0 unspecified atom stereocenters. The summed E-state index contributed by atoms with van der Waals surface area (Å²) in [7, 11) is 5.25. The average molecular weight is 488 g/mol. The van der Waals surface area contributed by atoms with Gasteiger partial charge in [-0.1, -0.05) is 6.08 Å². The van der Waals surface area contributed by atoms with E-state index in [1.54, 1.807) is 54.3 Å². The number of benzene rings is 3. The zero-order valence-corrected chi connectivity index (χ0v) is 20.4. The first-order chi connectivity index (χ1) is 17.4. The Kier molecular flexibility index (Phi) is 7.29. The number of hydrogen-bond donors (Lipinski definition) is 2. The molecule has 0 aliphatic heterocycles. The molecule has 4 rings (SSSR count). The van der Waals surface area contributed by atoms with Gasteiger partial charge in [0.25, 0.3) is 0 Å².